The first-order valence-corrected chi connectivity index (χ1v) is 4.81. The maximum atomic E-state index is 9.92. The maximum Gasteiger partial charge on any atom is 0.0798 e. The molecule has 0 amide bonds. The fourth-order valence-electron chi connectivity index (χ4n) is 1.76. The molecule has 12 heavy (non-hydrogen) atoms. The molecule has 1 unspecified atom stereocenters. The summed E-state index contributed by atoms with van der Waals surface area (Å²) in [5, 5.41) is 9.92. The van der Waals surface area contributed by atoms with Crippen molar-refractivity contribution in [1.29, 1.82) is 0 Å². The Bertz CT molecular complexity index is 156. The van der Waals surface area contributed by atoms with Crippen molar-refractivity contribution in [2.45, 2.75) is 58.1 Å². The van der Waals surface area contributed by atoms with Crippen molar-refractivity contribution in [2.24, 2.45) is 11.1 Å². The van der Waals surface area contributed by atoms with Crippen molar-refractivity contribution in [3.05, 3.63) is 0 Å². The van der Waals surface area contributed by atoms with Crippen LogP contribution in [0.15, 0.2) is 0 Å². The van der Waals surface area contributed by atoms with Crippen LogP contribution in [-0.4, -0.2) is 16.7 Å². The Kier molecular flexibility index (Phi) is 2.50. The molecule has 0 bridgehead atoms. The van der Waals surface area contributed by atoms with Crippen LogP contribution in [0.2, 0.25) is 0 Å². The topological polar surface area (TPSA) is 46.2 Å². The molecular weight excluding hydrogens is 150 g/mol. The Balaban J connectivity index is 2.42. The van der Waals surface area contributed by atoms with Crippen LogP contribution in [0.25, 0.3) is 0 Å². The van der Waals surface area contributed by atoms with E-state index in [9.17, 15) is 5.11 Å². The fourth-order valence-corrected chi connectivity index (χ4v) is 1.76. The normalized spacial score (nSPS) is 24.8. The zero-order chi connectivity index (χ0) is 9.41. The van der Waals surface area contributed by atoms with Crippen LogP contribution in [0.3, 0.4) is 0 Å². The van der Waals surface area contributed by atoms with Gasteiger partial charge in [0.25, 0.3) is 0 Å². The van der Waals surface area contributed by atoms with Gasteiger partial charge >= 0.3 is 0 Å². The van der Waals surface area contributed by atoms with Gasteiger partial charge in [0.05, 0.1) is 5.60 Å². The second kappa shape index (κ2) is 3.00. The summed E-state index contributed by atoms with van der Waals surface area (Å²) in [6, 6.07) is -0.0359. The fraction of sp³-hybridized carbons (Fsp3) is 1.00. The second-order valence-corrected chi connectivity index (χ2v) is 5.33. The van der Waals surface area contributed by atoms with E-state index in [1.807, 2.05) is 0 Å². The smallest absolute Gasteiger partial charge is 0.0798 e. The molecule has 2 nitrogen and oxygen atoms in total. The minimum Gasteiger partial charge on any atom is -0.388 e. The number of rotatable bonds is 2. The van der Waals surface area contributed by atoms with E-state index in [1.165, 1.54) is 0 Å². The predicted molar refractivity (Wildman–Crippen MR) is 50.8 cm³/mol. The molecule has 1 aliphatic rings. The number of hydrogen-bond acceptors (Lipinski definition) is 2. The molecule has 0 aromatic rings. The van der Waals surface area contributed by atoms with Crippen LogP contribution in [0.1, 0.15) is 46.5 Å². The van der Waals surface area contributed by atoms with Crippen LogP contribution in [0.5, 0.6) is 0 Å². The van der Waals surface area contributed by atoms with E-state index in [2.05, 4.69) is 20.8 Å². The minimum absolute atomic E-state index is 0.0359. The van der Waals surface area contributed by atoms with E-state index in [4.69, 9.17) is 5.73 Å². The molecule has 0 aliphatic heterocycles. The number of aliphatic hydroxyl groups is 1. The van der Waals surface area contributed by atoms with Gasteiger partial charge in [-0.1, -0.05) is 20.8 Å². The lowest BCUT2D eigenvalue weighted by Crippen LogP contribution is -2.54. The molecule has 1 saturated carbocycles. The van der Waals surface area contributed by atoms with E-state index < -0.39 is 5.60 Å². The third kappa shape index (κ3) is 2.20. The van der Waals surface area contributed by atoms with Crippen molar-refractivity contribution in [1.82, 2.24) is 0 Å². The summed E-state index contributed by atoms with van der Waals surface area (Å²) < 4.78 is 0. The van der Waals surface area contributed by atoms with Gasteiger partial charge in [-0.25, -0.2) is 0 Å². The Labute approximate surface area is 75.2 Å². The molecule has 72 valence electrons. The minimum atomic E-state index is -0.534. The summed E-state index contributed by atoms with van der Waals surface area (Å²) in [5.41, 5.74) is 5.64. The lowest BCUT2D eigenvalue weighted by atomic mass is 9.70. The van der Waals surface area contributed by atoms with Crippen LogP contribution in [0, 0.1) is 5.41 Å². The number of nitrogens with two attached hydrogens (primary N) is 1. The highest BCUT2D eigenvalue weighted by atomic mass is 16.3. The second-order valence-electron chi connectivity index (χ2n) is 5.33. The SMILES string of the molecule is CC(C)(C)CC(N)C1(O)CCC1. The van der Waals surface area contributed by atoms with Gasteiger partial charge in [0.15, 0.2) is 0 Å². The molecule has 0 aromatic carbocycles. The van der Waals surface area contributed by atoms with Crippen molar-refractivity contribution >= 4 is 0 Å². The van der Waals surface area contributed by atoms with Gasteiger partial charge in [-0.2, -0.15) is 0 Å². The van der Waals surface area contributed by atoms with Crippen molar-refractivity contribution in [3.8, 4) is 0 Å². The van der Waals surface area contributed by atoms with Crippen LogP contribution in [-0.2, 0) is 0 Å². The largest absolute Gasteiger partial charge is 0.388 e. The molecule has 0 aromatic heterocycles. The van der Waals surface area contributed by atoms with Gasteiger partial charge in [0.1, 0.15) is 0 Å². The van der Waals surface area contributed by atoms with Gasteiger partial charge in [-0.15, -0.1) is 0 Å². The van der Waals surface area contributed by atoms with E-state index in [1.54, 1.807) is 0 Å². The monoisotopic (exact) mass is 171 g/mol. The summed E-state index contributed by atoms with van der Waals surface area (Å²) in [7, 11) is 0. The molecule has 0 heterocycles. The van der Waals surface area contributed by atoms with Crippen LogP contribution in [0.4, 0.5) is 0 Å². The zero-order valence-corrected chi connectivity index (χ0v) is 8.43. The Morgan fingerprint density at radius 2 is 1.92 bits per heavy atom. The molecule has 1 aliphatic carbocycles. The van der Waals surface area contributed by atoms with Gasteiger partial charge in [-0.3, -0.25) is 0 Å². The summed E-state index contributed by atoms with van der Waals surface area (Å²) in [6.07, 6.45) is 3.83. The van der Waals surface area contributed by atoms with Crippen LogP contribution < -0.4 is 5.73 Å². The van der Waals surface area contributed by atoms with Gasteiger partial charge in [-0.05, 0) is 31.1 Å². The van der Waals surface area contributed by atoms with Crippen molar-refractivity contribution < 1.29 is 5.11 Å². The quantitative estimate of drug-likeness (QED) is 0.664. The molecule has 0 spiro atoms. The molecular formula is C10H21NO. The summed E-state index contributed by atoms with van der Waals surface area (Å²) in [5.74, 6) is 0. The van der Waals surface area contributed by atoms with E-state index in [-0.39, 0.29) is 11.5 Å². The lowest BCUT2D eigenvalue weighted by Gasteiger charge is -2.43. The molecule has 0 saturated heterocycles. The molecule has 3 N–H and O–H groups in total. The molecule has 1 rings (SSSR count). The first kappa shape index (κ1) is 10.0. The average molecular weight is 171 g/mol. The third-order valence-corrected chi connectivity index (χ3v) is 2.74. The van der Waals surface area contributed by atoms with Crippen molar-refractivity contribution in [2.75, 3.05) is 0 Å². The highest BCUT2D eigenvalue weighted by Crippen LogP contribution is 2.37. The first-order valence-electron chi connectivity index (χ1n) is 4.81. The molecule has 0 radical (unpaired) electrons. The summed E-state index contributed by atoms with van der Waals surface area (Å²) in [4.78, 5) is 0. The Morgan fingerprint density at radius 3 is 2.17 bits per heavy atom. The molecule has 1 fully saturated rings. The van der Waals surface area contributed by atoms with E-state index in [0.29, 0.717) is 0 Å². The predicted octanol–water partition coefficient (Wildman–Crippen LogP) is 1.66. The lowest BCUT2D eigenvalue weighted by molar-refractivity contribution is -0.0631. The third-order valence-electron chi connectivity index (χ3n) is 2.74. The molecule has 1 atom stereocenters. The maximum absolute atomic E-state index is 9.92. The standard InChI is InChI=1S/C10H21NO/c1-9(2,3)7-8(11)10(12)5-4-6-10/h8,12H,4-7,11H2,1-3H3. The Hall–Kier alpha value is -0.0800. The molecule has 2 heteroatoms. The van der Waals surface area contributed by atoms with E-state index >= 15 is 0 Å². The highest BCUT2D eigenvalue weighted by Gasteiger charge is 2.41. The zero-order valence-electron chi connectivity index (χ0n) is 8.43. The highest BCUT2D eigenvalue weighted by molar-refractivity contribution is 4.97. The van der Waals surface area contributed by atoms with Crippen LogP contribution >= 0.6 is 0 Å². The Morgan fingerprint density at radius 1 is 1.42 bits per heavy atom. The van der Waals surface area contributed by atoms with Gasteiger partial charge in [0.2, 0.25) is 0 Å². The summed E-state index contributed by atoms with van der Waals surface area (Å²) in [6.45, 7) is 6.48. The summed E-state index contributed by atoms with van der Waals surface area (Å²) >= 11 is 0. The van der Waals surface area contributed by atoms with Gasteiger partial charge in [0, 0.05) is 6.04 Å². The van der Waals surface area contributed by atoms with Crippen molar-refractivity contribution in [3.63, 3.8) is 0 Å². The average Bonchev–Trinajstić information content (AvgIpc) is 1.78. The first-order chi connectivity index (χ1) is 5.33. The van der Waals surface area contributed by atoms with Gasteiger partial charge < -0.3 is 10.8 Å². The number of hydrogen-bond donors (Lipinski definition) is 2. The van der Waals surface area contributed by atoms with E-state index in [0.717, 1.165) is 25.7 Å².